The molecule has 0 aliphatic rings. The number of aliphatic imine (C=N–C) groups is 1. The number of pyridine rings is 1. The molecule has 1 aromatic heterocycles. The lowest BCUT2D eigenvalue weighted by atomic mass is 10.1. The molecule has 0 amide bonds. The van der Waals surface area contributed by atoms with Crippen LogP contribution in [0, 0.1) is 0 Å². The zero-order valence-electron chi connectivity index (χ0n) is 15.9. The van der Waals surface area contributed by atoms with Crippen molar-refractivity contribution in [3.05, 3.63) is 65.5 Å². The molecule has 2 rings (SSSR count). The number of nitrogens with zero attached hydrogens (tertiary/aromatic N) is 3. The van der Waals surface area contributed by atoms with Crippen molar-refractivity contribution in [1.29, 1.82) is 0 Å². The second-order valence-corrected chi connectivity index (χ2v) is 6.02. The van der Waals surface area contributed by atoms with Crippen molar-refractivity contribution >= 4 is 29.9 Å². The number of guanidine groups is 1. The van der Waals surface area contributed by atoms with Gasteiger partial charge in [-0.3, -0.25) is 4.98 Å². The predicted molar refractivity (Wildman–Crippen MR) is 120 cm³/mol. The first-order valence-corrected chi connectivity index (χ1v) is 8.89. The third-order valence-electron chi connectivity index (χ3n) is 3.91. The lowest BCUT2D eigenvalue weighted by Crippen LogP contribution is -2.37. The van der Waals surface area contributed by atoms with Crippen molar-refractivity contribution in [3.8, 4) is 0 Å². The quantitative estimate of drug-likeness (QED) is 0.355. The molecule has 0 unspecified atom stereocenters. The minimum atomic E-state index is 0. The molecule has 6 heteroatoms. The third-order valence-corrected chi connectivity index (χ3v) is 3.91. The first kappa shape index (κ1) is 22.4. The molecule has 0 aliphatic heterocycles. The fourth-order valence-corrected chi connectivity index (χ4v) is 2.44. The minimum absolute atomic E-state index is 0. The highest BCUT2D eigenvalue weighted by Crippen LogP contribution is 2.08. The van der Waals surface area contributed by atoms with Crippen LogP contribution >= 0.6 is 24.0 Å². The van der Waals surface area contributed by atoms with Gasteiger partial charge >= 0.3 is 0 Å². The number of halogens is 1. The summed E-state index contributed by atoms with van der Waals surface area (Å²) in [6.07, 6.45) is 1.81. The van der Waals surface area contributed by atoms with Crippen LogP contribution < -0.4 is 10.6 Å². The average Bonchev–Trinajstić information content (AvgIpc) is 2.65. The Kier molecular flexibility index (Phi) is 10.9. The van der Waals surface area contributed by atoms with Crippen molar-refractivity contribution in [2.75, 3.05) is 20.1 Å². The molecule has 1 aromatic carbocycles. The molecule has 2 N–H and O–H groups in total. The average molecular weight is 467 g/mol. The number of rotatable bonds is 8. The van der Waals surface area contributed by atoms with Gasteiger partial charge in [-0.25, -0.2) is 4.99 Å². The molecule has 0 bridgehead atoms. The highest BCUT2D eigenvalue weighted by molar-refractivity contribution is 14.0. The van der Waals surface area contributed by atoms with Gasteiger partial charge < -0.3 is 15.5 Å². The van der Waals surface area contributed by atoms with E-state index in [4.69, 9.17) is 4.99 Å². The van der Waals surface area contributed by atoms with Crippen molar-refractivity contribution < 1.29 is 0 Å². The van der Waals surface area contributed by atoms with E-state index in [-0.39, 0.29) is 24.0 Å². The van der Waals surface area contributed by atoms with E-state index in [1.54, 1.807) is 6.20 Å². The molecule has 0 radical (unpaired) electrons. The van der Waals surface area contributed by atoms with Crippen LogP contribution in [0.25, 0.3) is 0 Å². The zero-order chi connectivity index (χ0) is 17.9. The number of aromatic nitrogens is 1. The van der Waals surface area contributed by atoms with E-state index in [1.807, 2.05) is 18.2 Å². The first-order valence-electron chi connectivity index (χ1n) is 8.89. The maximum absolute atomic E-state index is 4.69. The Morgan fingerprint density at radius 3 is 2.58 bits per heavy atom. The summed E-state index contributed by atoms with van der Waals surface area (Å²) in [5.41, 5.74) is 3.54. The molecule has 2 aromatic rings. The Morgan fingerprint density at radius 2 is 1.88 bits per heavy atom. The van der Waals surface area contributed by atoms with Crippen LogP contribution in [-0.4, -0.2) is 36.0 Å². The van der Waals surface area contributed by atoms with Crippen molar-refractivity contribution in [3.63, 3.8) is 0 Å². The van der Waals surface area contributed by atoms with Crippen molar-refractivity contribution in [2.24, 2.45) is 4.99 Å². The van der Waals surface area contributed by atoms with Crippen LogP contribution in [0.5, 0.6) is 0 Å². The Balaban J connectivity index is 0.00000338. The van der Waals surface area contributed by atoms with Crippen molar-refractivity contribution in [2.45, 2.75) is 33.5 Å². The Hall–Kier alpha value is -1.67. The monoisotopic (exact) mass is 467 g/mol. The molecule has 26 heavy (non-hydrogen) atoms. The molecule has 0 saturated carbocycles. The Labute approximate surface area is 174 Å². The van der Waals surface area contributed by atoms with Crippen LogP contribution in [0.1, 0.15) is 30.7 Å². The second-order valence-electron chi connectivity index (χ2n) is 6.02. The van der Waals surface area contributed by atoms with E-state index in [0.717, 1.165) is 31.3 Å². The molecule has 0 aliphatic carbocycles. The van der Waals surface area contributed by atoms with Crippen molar-refractivity contribution in [1.82, 2.24) is 20.5 Å². The normalized spacial score (nSPS) is 11.2. The molecule has 0 spiro atoms. The summed E-state index contributed by atoms with van der Waals surface area (Å²) in [5, 5.41) is 6.61. The van der Waals surface area contributed by atoms with Gasteiger partial charge in [0.05, 0.1) is 18.8 Å². The second kappa shape index (κ2) is 12.6. The van der Waals surface area contributed by atoms with E-state index in [2.05, 4.69) is 65.7 Å². The van der Waals surface area contributed by atoms with Gasteiger partial charge in [-0.2, -0.15) is 0 Å². The number of hydrogen-bond donors (Lipinski definition) is 2. The van der Waals surface area contributed by atoms with Gasteiger partial charge in [-0.15, -0.1) is 24.0 Å². The molecule has 5 nitrogen and oxygen atoms in total. The molecule has 0 saturated heterocycles. The number of hydrogen-bond acceptors (Lipinski definition) is 3. The van der Waals surface area contributed by atoms with Crippen LogP contribution in [0.15, 0.2) is 53.7 Å². The molecule has 0 fully saturated rings. The third kappa shape index (κ3) is 8.14. The first-order chi connectivity index (χ1) is 12.2. The summed E-state index contributed by atoms with van der Waals surface area (Å²) in [6, 6.07) is 14.6. The van der Waals surface area contributed by atoms with Gasteiger partial charge in [-0.1, -0.05) is 37.3 Å². The van der Waals surface area contributed by atoms with Crippen LogP contribution in [0.3, 0.4) is 0 Å². The Bertz CT molecular complexity index is 660. The molecule has 1 heterocycles. The molecule has 142 valence electrons. The number of nitrogens with one attached hydrogen (secondary N) is 2. The number of benzene rings is 1. The van der Waals surface area contributed by atoms with Gasteiger partial charge in [0.15, 0.2) is 5.96 Å². The van der Waals surface area contributed by atoms with Crippen LogP contribution in [0.2, 0.25) is 0 Å². The topological polar surface area (TPSA) is 52.6 Å². The summed E-state index contributed by atoms with van der Waals surface area (Å²) in [7, 11) is 2.13. The van der Waals surface area contributed by atoms with E-state index in [0.29, 0.717) is 13.1 Å². The standard InChI is InChI=1S/C20H29N5.HI/c1-4-21-20(24-15-19-11-6-7-12-22-19)23-14-17-9-8-10-18(13-17)16-25(3)5-2;/h6-13H,4-5,14-16H2,1-3H3,(H2,21,23,24);1H. The highest BCUT2D eigenvalue weighted by atomic mass is 127. The zero-order valence-corrected chi connectivity index (χ0v) is 18.2. The van der Waals surface area contributed by atoms with E-state index in [1.165, 1.54) is 11.1 Å². The minimum Gasteiger partial charge on any atom is -0.357 e. The molecular weight excluding hydrogens is 437 g/mol. The van der Waals surface area contributed by atoms with Gasteiger partial charge in [-0.05, 0) is 43.8 Å². The maximum Gasteiger partial charge on any atom is 0.191 e. The summed E-state index contributed by atoms with van der Waals surface area (Å²) < 4.78 is 0. The summed E-state index contributed by atoms with van der Waals surface area (Å²) in [5.74, 6) is 0.809. The highest BCUT2D eigenvalue weighted by Gasteiger charge is 2.01. The maximum atomic E-state index is 4.69. The lowest BCUT2D eigenvalue weighted by Gasteiger charge is -2.14. The largest absolute Gasteiger partial charge is 0.357 e. The molecule has 0 atom stereocenters. The summed E-state index contributed by atoms with van der Waals surface area (Å²) in [4.78, 5) is 11.3. The van der Waals surface area contributed by atoms with E-state index < -0.39 is 0 Å². The fraction of sp³-hybridized carbons (Fsp3) is 0.400. The van der Waals surface area contributed by atoms with Gasteiger partial charge in [0.25, 0.3) is 0 Å². The van der Waals surface area contributed by atoms with Gasteiger partial charge in [0.2, 0.25) is 0 Å². The van der Waals surface area contributed by atoms with Crippen LogP contribution in [0.4, 0.5) is 0 Å². The van der Waals surface area contributed by atoms with Crippen LogP contribution in [-0.2, 0) is 19.6 Å². The van der Waals surface area contributed by atoms with Gasteiger partial charge in [0.1, 0.15) is 0 Å². The Morgan fingerprint density at radius 1 is 1.08 bits per heavy atom. The lowest BCUT2D eigenvalue weighted by molar-refractivity contribution is 0.345. The smallest absolute Gasteiger partial charge is 0.191 e. The van der Waals surface area contributed by atoms with E-state index in [9.17, 15) is 0 Å². The summed E-state index contributed by atoms with van der Waals surface area (Å²) >= 11 is 0. The summed E-state index contributed by atoms with van der Waals surface area (Å²) in [6.45, 7) is 8.39. The fourth-order valence-electron chi connectivity index (χ4n) is 2.44. The SMILES string of the molecule is CCNC(=NCc1cccc(CN(C)CC)c1)NCc1ccccn1.I. The molecular formula is C20H30IN5. The predicted octanol–water partition coefficient (Wildman–Crippen LogP) is 3.41. The van der Waals surface area contributed by atoms with Gasteiger partial charge in [0, 0.05) is 19.3 Å². The van der Waals surface area contributed by atoms with E-state index >= 15 is 0 Å².